The van der Waals surface area contributed by atoms with Crippen LogP contribution in [0.3, 0.4) is 0 Å². The average Bonchev–Trinajstić information content (AvgIpc) is 2.66. The Bertz CT molecular complexity index is 790. The largest absolute Gasteiger partial charge is 0.497 e. The van der Waals surface area contributed by atoms with Gasteiger partial charge in [0.15, 0.2) is 0 Å². The lowest BCUT2D eigenvalue weighted by atomic mass is 10.3. The lowest BCUT2D eigenvalue weighted by molar-refractivity contribution is -0.136. The normalized spacial score (nSPS) is 9.77. The third-order valence-electron chi connectivity index (χ3n) is 3.32. The van der Waals surface area contributed by atoms with E-state index < -0.39 is 17.7 Å². The second kappa shape index (κ2) is 9.07. The van der Waals surface area contributed by atoms with E-state index in [1.807, 2.05) is 0 Å². The predicted molar refractivity (Wildman–Crippen MR) is 96.3 cm³/mol. The van der Waals surface area contributed by atoms with E-state index in [1.165, 1.54) is 7.11 Å². The summed E-state index contributed by atoms with van der Waals surface area (Å²) in [5, 5.41) is 7.28. The van der Waals surface area contributed by atoms with Crippen molar-refractivity contribution in [2.45, 2.75) is 0 Å². The summed E-state index contributed by atoms with van der Waals surface area (Å²) in [7, 11) is 3.04. The first-order chi connectivity index (χ1) is 12.5. The van der Waals surface area contributed by atoms with Crippen LogP contribution in [0.2, 0.25) is 0 Å². The van der Waals surface area contributed by atoms with Crippen LogP contribution in [0, 0.1) is 0 Å². The van der Waals surface area contributed by atoms with Crippen molar-refractivity contribution in [3.8, 4) is 11.5 Å². The molecule has 2 aromatic rings. The quantitative estimate of drug-likeness (QED) is 0.678. The van der Waals surface area contributed by atoms with Crippen molar-refractivity contribution < 1.29 is 23.9 Å². The SMILES string of the molecule is COc1ccc(NC(=O)CNC(=O)C(=O)Nc2cccc(OC)c2)cc1. The minimum absolute atomic E-state index is 0.337. The highest BCUT2D eigenvalue weighted by atomic mass is 16.5. The van der Waals surface area contributed by atoms with Crippen LogP contribution < -0.4 is 25.4 Å². The van der Waals surface area contributed by atoms with Crippen molar-refractivity contribution in [1.82, 2.24) is 5.32 Å². The maximum Gasteiger partial charge on any atom is 0.313 e. The Balaban J connectivity index is 1.80. The van der Waals surface area contributed by atoms with Crippen molar-refractivity contribution >= 4 is 29.1 Å². The molecular weight excluding hydrogens is 338 g/mol. The zero-order valence-corrected chi connectivity index (χ0v) is 14.4. The molecule has 8 heteroatoms. The Morgan fingerprint density at radius 3 is 2.15 bits per heavy atom. The predicted octanol–water partition coefficient (Wildman–Crippen LogP) is 1.40. The summed E-state index contributed by atoms with van der Waals surface area (Å²) in [6, 6.07) is 13.3. The lowest BCUT2D eigenvalue weighted by Crippen LogP contribution is -2.39. The fourth-order valence-electron chi connectivity index (χ4n) is 2.01. The monoisotopic (exact) mass is 357 g/mol. The number of carbonyl (C=O) groups is 3. The van der Waals surface area contributed by atoms with E-state index in [1.54, 1.807) is 55.6 Å². The molecule has 3 N–H and O–H groups in total. The number of hydrogen-bond donors (Lipinski definition) is 3. The molecule has 0 aliphatic rings. The molecule has 2 aromatic carbocycles. The molecule has 0 spiro atoms. The summed E-state index contributed by atoms with van der Waals surface area (Å²) >= 11 is 0. The number of ether oxygens (including phenoxy) is 2. The third-order valence-corrected chi connectivity index (χ3v) is 3.32. The molecule has 0 unspecified atom stereocenters. The summed E-state index contributed by atoms with van der Waals surface area (Å²) < 4.78 is 10.1. The molecule has 2 rings (SSSR count). The van der Waals surface area contributed by atoms with Gasteiger partial charge in [-0.3, -0.25) is 14.4 Å². The molecule has 0 bridgehead atoms. The van der Waals surface area contributed by atoms with Gasteiger partial charge in [-0.05, 0) is 36.4 Å². The van der Waals surface area contributed by atoms with Crippen LogP contribution >= 0.6 is 0 Å². The number of anilines is 2. The summed E-state index contributed by atoms with van der Waals surface area (Å²) in [5.74, 6) is -1.06. The molecule has 0 radical (unpaired) electrons. The molecule has 0 aliphatic carbocycles. The van der Waals surface area contributed by atoms with Crippen LogP contribution in [0.15, 0.2) is 48.5 Å². The summed E-state index contributed by atoms with van der Waals surface area (Å²) in [6.07, 6.45) is 0. The molecule has 0 fully saturated rings. The maximum absolute atomic E-state index is 11.8. The van der Waals surface area contributed by atoms with Crippen molar-refractivity contribution in [2.75, 3.05) is 31.4 Å². The second-order valence-corrected chi connectivity index (χ2v) is 5.15. The third kappa shape index (κ3) is 5.52. The second-order valence-electron chi connectivity index (χ2n) is 5.15. The number of benzene rings is 2. The first kappa shape index (κ1) is 18.8. The van der Waals surface area contributed by atoms with Crippen LogP contribution in [-0.4, -0.2) is 38.5 Å². The zero-order chi connectivity index (χ0) is 18.9. The van der Waals surface area contributed by atoms with Gasteiger partial charge in [0.05, 0.1) is 20.8 Å². The summed E-state index contributed by atoms with van der Waals surface area (Å²) in [6.45, 7) is -0.337. The smallest absolute Gasteiger partial charge is 0.313 e. The van der Waals surface area contributed by atoms with Crippen LogP contribution in [-0.2, 0) is 14.4 Å². The van der Waals surface area contributed by atoms with Gasteiger partial charge in [0.1, 0.15) is 11.5 Å². The van der Waals surface area contributed by atoms with Gasteiger partial charge in [-0.2, -0.15) is 0 Å². The van der Waals surface area contributed by atoms with E-state index in [0.29, 0.717) is 22.9 Å². The van der Waals surface area contributed by atoms with Gasteiger partial charge < -0.3 is 25.4 Å². The van der Waals surface area contributed by atoms with Crippen LogP contribution in [0.4, 0.5) is 11.4 Å². The fraction of sp³-hybridized carbons (Fsp3) is 0.167. The number of nitrogens with one attached hydrogen (secondary N) is 3. The topological polar surface area (TPSA) is 106 Å². The van der Waals surface area contributed by atoms with E-state index in [9.17, 15) is 14.4 Å². The zero-order valence-electron chi connectivity index (χ0n) is 14.4. The average molecular weight is 357 g/mol. The van der Waals surface area contributed by atoms with Crippen LogP contribution in [0.5, 0.6) is 11.5 Å². The first-order valence-electron chi connectivity index (χ1n) is 7.69. The van der Waals surface area contributed by atoms with E-state index in [4.69, 9.17) is 9.47 Å². The number of hydrogen-bond acceptors (Lipinski definition) is 5. The Morgan fingerprint density at radius 1 is 0.808 bits per heavy atom. The molecule has 0 aromatic heterocycles. The number of amides is 3. The highest BCUT2D eigenvalue weighted by Crippen LogP contribution is 2.16. The van der Waals surface area contributed by atoms with Gasteiger partial charge in [-0.15, -0.1) is 0 Å². The molecule has 0 atom stereocenters. The van der Waals surface area contributed by atoms with Crippen LogP contribution in [0.1, 0.15) is 0 Å². The first-order valence-corrected chi connectivity index (χ1v) is 7.69. The van der Waals surface area contributed by atoms with E-state index >= 15 is 0 Å². The Labute approximate surface area is 150 Å². The summed E-state index contributed by atoms with van der Waals surface area (Å²) in [4.78, 5) is 35.5. The molecule has 0 heterocycles. The van der Waals surface area contributed by atoms with Crippen molar-refractivity contribution in [3.63, 3.8) is 0 Å². The fourth-order valence-corrected chi connectivity index (χ4v) is 2.01. The van der Waals surface area contributed by atoms with Crippen molar-refractivity contribution in [3.05, 3.63) is 48.5 Å². The standard InChI is InChI=1S/C18H19N3O5/c1-25-14-8-6-12(7-9-14)20-16(22)11-19-17(23)18(24)21-13-4-3-5-15(10-13)26-2/h3-10H,11H2,1-2H3,(H,19,23)(H,20,22)(H,21,24). The molecule has 136 valence electrons. The van der Waals surface area contributed by atoms with Crippen molar-refractivity contribution in [1.29, 1.82) is 0 Å². The summed E-state index contributed by atoms with van der Waals surface area (Å²) in [5.41, 5.74) is 0.957. The molecule has 0 saturated heterocycles. The van der Waals surface area contributed by atoms with Gasteiger partial charge in [0.2, 0.25) is 5.91 Å². The van der Waals surface area contributed by atoms with E-state index in [2.05, 4.69) is 16.0 Å². The van der Waals surface area contributed by atoms with Gasteiger partial charge in [-0.25, -0.2) is 0 Å². The Kier molecular flexibility index (Phi) is 6.55. The molecule has 26 heavy (non-hydrogen) atoms. The number of methoxy groups -OCH3 is 2. The van der Waals surface area contributed by atoms with Gasteiger partial charge in [-0.1, -0.05) is 6.07 Å². The van der Waals surface area contributed by atoms with Crippen LogP contribution in [0.25, 0.3) is 0 Å². The Hall–Kier alpha value is -3.55. The molecule has 0 saturated carbocycles. The van der Waals surface area contributed by atoms with Gasteiger partial charge in [0.25, 0.3) is 0 Å². The number of carbonyl (C=O) groups excluding carboxylic acids is 3. The molecular formula is C18H19N3O5. The van der Waals surface area contributed by atoms with Gasteiger partial charge >= 0.3 is 11.8 Å². The highest BCUT2D eigenvalue weighted by molar-refractivity contribution is 6.39. The van der Waals surface area contributed by atoms with E-state index in [-0.39, 0.29) is 6.54 Å². The Morgan fingerprint density at radius 2 is 1.50 bits per heavy atom. The highest BCUT2D eigenvalue weighted by Gasteiger charge is 2.15. The van der Waals surface area contributed by atoms with E-state index in [0.717, 1.165) is 0 Å². The lowest BCUT2D eigenvalue weighted by Gasteiger charge is -2.09. The minimum Gasteiger partial charge on any atom is -0.497 e. The minimum atomic E-state index is -0.919. The maximum atomic E-state index is 11.8. The molecule has 8 nitrogen and oxygen atoms in total. The number of rotatable bonds is 6. The molecule has 0 aliphatic heterocycles. The van der Waals surface area contributed by atoms with Crippen molar-refractivity contribution in [2.24, 2.45) is 0 Å². The van der Waals surface area contributed by atoms with Gasteiger partial charge in [0, 0.05) is 17.4 Å². The molecule has 3 amide bonds.